The van der Waals surface area contributed by atoms with E-state index in [0.29, 0.717) is 12.0 Å². The van der Waals surface area contributed by atoms with Gasteiger partial charge in [0.05, 0.1) is 5.69 Å². The van der Waals surface area contributed by atoms with Crippen molar-refractivity contribution >= 4 is 22.5 Å². The predicted molar refractivity (Wildman–Crippen MR) is 95.2 cm³/mol. The number of piperidine rings is 1. The summed E-state index contributed by atoms with van der Waals surface area (Å²) in [4.78, 5) is 10.8. The van der Waals surface area contributed by atoms with Crippen LogP contribution in [0.15, 0.2) is 42.7 Å². The van der Waals surface area contributed by atoms with Crippen molar-refractivity contribution in [2.45, 2.75) is 25.8 Å². The van der Waals surface area contributed by atoms with E-state index in [2.05, 4.69) is 48.6 Å². The lowest BCUT2D eigenvalue weighted by Gasteiger charge is -2.34. The Kier molecular flexibility index (Phi) is 3.94. The second-order valence-corrected chi connectivity index (χ2v) is 6.16. The van der Waals surface area contributed by atoms with Crippen LogP contribution in [0.5, 0.6) is 0 Å². The lowest BCUT2D eigenvalue weighted by molar-refractivity contribution is 0.524. The van der Waals surface area contributed by atoms with E-state index in [1.165, 1.54) is 10.8 Å². The molecule has 24 heavy (non-hydrogen) atoms. The zero-order chi connectivity index (χ0) is 16.4. The fourth-order valence-electron chi connectivity index (χ4n) is 3.30. The molecule has 0 spiro atoms. The van der Waals surface area contributed by atoms with Crippen LogP contribution in [0.4, 0.5) is 11.8 Å². The molecule has 1 saturated heterocycles. The summed E-state index contributed by atoms with van der Waals surface area (Å²) in [6.07, 6.45) is 5.73. The van der Waals surface area contributed by atoms with Crippen molar-refractivity contribution in [2.24, 2.45) is 0 Å². The standard InChI is InChI=1S/C18H20N6/c1-13-15-7-2-3-8-16(15)17(23-22-13)24-11-4-6-14(12-24)21-18-19-9-5-10-20-18/h2-3,5,7-10,14H,4,6,11-12H2,1H3,(H,19,20,21). The summed E-state index contributed by atoms with van der Waals surface area (Å²) in [5.41, 5.74) is 0.971. The molecule has 6 nitrogen and oxygen atoms in total. The molecule has 0 radical (unpaired) electrons. The van der Waals surface area contributed by atoms with Gasteiger partial charge in [0.2, 0.25) is 5.95 Å². The van der Waals surface area contributed by atoms with Gasteiger partial charge in [-0.2, -0.15) is 5.10 Å². The molecule has 0 bridgehead atoms. The number of fused-ring (bicyclic) bond motifs is 1. The minimum atomic E-state index is 0.308. The molecule has 122 valence electrons. The maximum absolute atomic E-state index is 4.49. The summed E-state index contributed by atoms with van der Waals surface area (Å²) < 4.78 is 0. The molecule has 1 N–H and O–H groups in total. The average Bonchev–Trinajstić information content (AvgIpc) is 2.63. The maximum atomic E-state index is 4.49. The lowest BCUT2D eigenvalue weighted by atomic mass is 10.0. The molecule has 1 atom stereocenters. The summed E-state index contributed by atoms with van der Waals surface area (Å²) in [6, 6.07) is 10.5. The normalized spacial score (nSPS) is 17.9. The van der Waals surface area contributed by atoms with Crippen molar-refractivity contribution in [3.05, 3.63) is 48.4 Å². The molecule has 3 heterocycles. The summed E-state index contributed by atoms with van der Waals surface area (Å²) in [5.74, 6) is 1.65. The van der Waals surface area contributed by atoms with E-state index < -0.39 is 0 Å². The molecular weight excluding hydrogens is 300 g/mol. The lowest BCUT2D eigenvalue weighted by Crippen LogP contribution is -2.43. The van der Waals surface area contributed by atoms with Crippen LogP contribution < -0.4 is 10.2 Å². The van der Waals surface area contributed by atoms with Gasteiger partial charge < -0.3 is 10.2 Å². The minimum absolute atomic E-state index is 0.308. The molecule has 1 fully saturated rings. The van der Waals surface area contributed by atoms with Crippen molar-refractivity contribution in [1.82, 2.24) is 20.2 Å². The summed E-state index contributed by atoms with van der Waals surface area (Å²) in [6.45, 7) is 3.88. The zero-order valence-electron chi connectivity index (χ0n) is 13.7. The van der Waals surface area contributed by atoms with Gasteiger partial charge in [0.15, 0.2) is 5.82 Å². The average molecular weight is 320 g/mol. The topological polar surface area (TPSA) is 66.8 Å². The highest BCUT2D eigenvalue weighted by molar-refractivity contribution is 5.93. The van der Waals surface area contributed by atoms with Gasteiger partial charge in [0.25, 0.3) is 0 Å². The smallest absolute Gasteiger partial charge is 0.222 e. The Morgan fingerprint density at radius 1 is 1.04 bits per heavy atom. The summed E-state index contributed by atoms with van der Waals surface area (Å²) in [7, 11) is 0. The molecule has 4 rings (SSSR count). The van der Waals surface area contributed by atoms with E-state index in [4.69, 9.17) is 0 Å². The number of nitrogens with one attached hydrogen (secondary N) is 1. The van der Waals surface area contributed by atoms with Crippen LogP contribution in [-0.4, -0.2) is 39.3 Å². The quantitative estimate of drug-likeness (QED) is 0.800. The Labute approximate surface area is 141 Å². The summed E-state index contributed by atoms with van der Waals surface area (Å²) in [5, 5.41) is 14.6. The van der Waals surface area contributed by atoms with Crippen LogP contribution in [0.3, 0.4) is 0 Å². The monoisotopic (exact) mass is 320 g/mol. The van der Waals surface area contributed by atoms with Crippen molar-refractivity contribution in [3.8, 4) is 0 Å². The van der Waals surface area contributed by atoms with E-state index in [-0.39, 0.29) is 0 Å². The van der Waals surface area contributed by atoms with Gasteiger partial charge in [0.1, 0.15) is 0 Å². The van der Waals surface area contributed by atoms with Gasteiger partial charge >= 0.3 is 0 Å². The highest BCUT2D eigenvalue weighted by Crippen LogP contribution is 2.28. The summed E-state index contributed by atoms with van der Waals surface area (Å²) >= 11 is 0. The minimum Gasteiger partial charge on any atom is -0.353 e. The van der Waals surface area contributed by atoms with Crippen molar-refractivity contribution in [3.63, 3.8) is 0 Å². The maximum Gasteiger partial charge on any atom is 0.222 e. The van der Waals surface area contributed by atoms with Crippen LogP contribution in [0.25, 0.3) is 10.8 Å². The van der Waals surface area contributed by atoms with E-state index >= 15 is 0 Å². The molecule has 3 aromatic rings. The fraction of sp³-hybridized carbons (Fsp3) is 0.333. The molecule has 1 unspecified atom stereocenters. The Bertz CT molecular complexity index is 835. The third-order valence-electron chi connectivity index (χ3n) is 4.47. The number of rotatable bonds is 3. The van der Waals surface area contributed by atoms with E-state index in [1.54, 1.807) is 12.4 Å². The molecule has 0 saturated carbocycles. The second kappa shape index (κ2) is 6.39. The van der Waals surface area contributed by atoms with E-state index in [1.807, 2.05) is 19.1 Å². The Balaban J connectivity index is 1.59. The first-order valence-electron chi connectivity index (χ1n) is 8.32. The largest absolute Gasteiger partial charge is 0.353 e. The van der Waals surface area contributed by atoms with Crippen molar-refractivity contribution in [1.29, 1.82) is 0 Å². The van der Waals surface area contributed by atoms with Gasteiger partial charge in [-0.3, -0.25) is 0 Å². The third-order valence-corrected chi connectivity index (χ3v) is 4.47. The Morgan fingerprint density at radius 2 is 1.83 bits per heavy atom. The molecule has 1 aliphatic rings. The number of aromatic nitrogens is 4. The molecule has 1 aromatic carbocycles. The number of benzene rings is 1. The van der Waals surface area contributed by atoms with Gasteiger partial charge in [0, 0.05) is 42.3 Å². The molecule has 0 aliphatic carbocycles. The van der Waals surface area contributed by atoms with Crippen LogP contribution in [0.1, 0.15) is 18.5 Å². The third kappa shape index (κ3) is 2.87. The molecule has 1 aliphatic heterocycles. The highest BCUT2D eigenvalue weighted by atomic mass is 15.3. The highest BCUT2D eigenvalue weighted by Gasteiger charge is 2.23. The number of hydrogen-bond acceptors (Lipinski definition) is 6. The molecule has 0 amide bonds. The first kappa shape index (κ1) is 14.8. The Hall–Kier alpha value is -2.76. The number of nitrogens with zero attached hydrogens (tertiary/aromatic N) is 5. The van der Waals surface area contributed by atoms with Crippen molar-refractivity contribution in [2.75, 3.05) is 23.3 Å². The Morgan fingerprint density at radius 3 is 2.67 bits per heavy atom. The molecule has 2 aromatic heterocycles. The molecular formula is C18H20N6. The van der Waals surface area contributed by atoms with Crippen molar-refractivity contribution < 1.29 is 0 Å². The van der Waals surface area contributed by atoms with Crippen LogP contribution in [0, 0.1) is 6.92 Å². The van der Waals surface area contributed by atoms with E-state index in [9.17, 15) is 0 Å². The first-order valence-corrected chi connectivity index (χ1v) is 8.32. The van der Waals surface area contributed by atoms with Crippen LogP contribution in [0.2, 0.25) is 0 Å². The van der Waals surface area contributed by atoms with Gasteiger partial charge in [-0.15, -0.1) is 5.10 Å². The number of aryl methyl sites for hydroxylation is 1. The van der Waals surface area contributed by atoms with Gasteiger partial charge in [-0.1, -0.05) is 24.3 Å². The fourth-order valence-corrected chi connectivity index (χ4v) is 3.30. The van der Waals surface area contributed by atoms with Gasteiger partial charge in [-0.05, 0) is 25.8 Å². The number of hydrogen-bond donors (Lipinski definition) is 1. The zero-order valence-corrected chi connectivity index (χ0v) is 13.7. The second-order valence-electron chi connectivity index (χ2n) is 6.16. The van der Waals surface area contributed by atoms with Crippen LogP contribution in [-0.2, 0) is 0 Å². The predicted octanol–water partition coefficient (Wildman–Crippen LogP) is 2.81. The number of anilines is 2. The van der Waals surface area contributed by atoms with E-state index in [0.717, 1.165) is 37.4 Å². The van der Waals surface area contributed by atoms with Crippen LogP contribution >= 0.6 is 0 Å². The SMILES string of the molecule is Cc1nnc(N2CCCC(Nc3ncccn3)C2)c2ccccc12. The van der Waals surface area contributed by atoms with Gasteiger partial charge in [-0.25, -0.2) is 9.97 Å². The first-order chi connectivity index (χ1) is 11.8. The molecule has 6 heteroatoms.